The third-order valence-corrected chi connectivity index (χ3v) is 6.68. The number of esters is 2. The van der Waals surface area contributed by atoms with Gasteiger partial charge >= 0.3 is 24.0 Å². The number of aliphatic carboxylic acids is 1. The van der Waals surface area contributed by atoms with Gasteiger partial charge in [0.15, 0.2) is 0 Å². The first-order valence-corrected chi connectivity index (χ1v) is 14.6. The maximum Gasteiger partial charge on any atom is 0.407 e. The lowest BCUT2D eigenvalue weighted by atomic mass is 9.98. The van der Waals surface area contributed by atoms with Crippen LogP contribution in [0.4, 0.5) is 4.79 Å². The molecule has 0 radical (unpaired) electrons. The smallest absolute Gasteiger partial charge is 0.407 e. The van der Waals surface area contributed by atoms with Crippen molar-refractivity contribution in [3.05, 3.63) is 59.7 Å². The van der Waals surface area contributed by atoms with Gasteiger partial charge in [-0.3, -0.25) is 14.4 Å². The number of benzene rings is 2. The predicted octanol–water partition coefficient (Wildman–Crippen LogP) is 4.71. The molecule has 0 aromatic heterocycles. The second-order valence-electron chi connectivity index (χ2n) is 12.7. The minimum absolute atomic E-state index is 0.00605. The fraction of sp³-hybridized carbons (Fsp3) is 0.485. The lowest BCUT2D eigenvalue weighted by Gasteiger charge is -2.23. The third kappa shape index (κ3) is 10.1. The van der Waals surface area contributed by atoms with Gasteiger partial charge in [0.25, 0.3) is 0 Å². The van der Waals surface area contributed by atoms with E-state index in [1.165, 1.54) is 0 Å². The molecule has 11 nitrogen and oxygen atoms in total. The molecular weight excluding hydrogens is 568 g/mol. The number of fused-ring (bicyclic) bond motifs is 3. The Morgan fingerprint density at radius 2 is 1.18 bits per heavy atom. The molecule has 2 aromatic rings. The van der Waals surface area contributed by atoms with Crippen LogP contribution in [0.5, 0.6) is 0 Å². The Bertz CT molecular complexity index is 1330. The van der Waals surface area contributed by atoms with Gasteiger partial charge in [0.1, 0.15) is 29.9 Å². The van der Waals surface area contributed by atoms with Gasteiger partial charge in [0.2, 0.25) is 5.91 Å². The molecule has 44 heavy (non-hydrogen) atoms. The van der Waals surface area contributed by atoms with Crippen LogP contribution in [0, 0.1) is 0 Å². The van der Waals surface area contributed by atoms with Crippen LogP contribution in [-0.4, -0.2) is 64.9 Å². The summed E-state index contributed by atoms with van der Waals surface area (Å²) in [5.41, 5.74) is 2.62. The number of nitrogens with one attached hydrogen (secondary N) is 2. The second-order valence-corrected chi connectivity index (χ2v) is 12.7. The van der Waals surface area contributed by atoms with Crippen LogP contribution in [0.15, 0.2) is 48.5 Å². The van der Waals surface area contributed by atoms with Gasteiger partial charge in [0.05, 0.1) is 0 Å². The molecule has 3 N–H and O–H groups in total. The summed E-state index contributed by atoms with van der Waals surface area (Å²) in [5, 5.41) is 14.5. The Kier molecular flexibility index (Phi) is 11.1. The van der Waals surface area contributed by atoms with Crippen LogP contribution in [0.1, 0.15) is 84.3 Å². The van der Waals surface area contributed by atoms with Gasteiger partial charge in [0, 0.05) is 18.8 Å². The average molecular weight is 611 g/mol. The summed E-state index contributed by atoms with van der Waals surface area (Å²) in [6.07, 6.45) is -1.80. The van der Waals surface area contributed by atoms with E-state index in [9.17, 15) is 29.1 Å². The molecular formula is C33H42N2O9. The van der Waals surface area contributed by atoms with Gasteiger partial charge in [-0.1, -0.05) is 48.5 Å². The summed E-state index contributed by atoms with van der Waals surface area (Å²) in [5.74, 6) is -3.64. The largest absolute Gasteiger partial charge is 0.480 e. The first-order valence-electron chi connectivity index (χ1n) is 14.6. The van der Waals surface area contributed by atoms with Gasteiger partial charge in [-0.2, -0.15) is 0 Å². The van der Waals surface area contributed by atoms with Crippen LogP contribution < -0.4 is 10.6 Å². The molecule has 0 bridgehead atoms. The standard InChI is InChI=1S/C33H42N2O9/c1-32(2,3)43-27(36)17-15-25(29(38)34-26(30(39)40)16-18-28(37)44-33(4,5)6)35-31(41)42-19-24-22-13-9-7-11-20(22)21-12-8-10-14-23(21)24/h7-14,24-26H,15-19H2,1-6H3,(H,34,38)(H,35,41)(H,39,40)/t25-,26-/m1/s1. The van der Waals surface area contributed by atoms with Crippen molar-refractivity contribution in [1.82, 2.24) is 10.6 Å². The van der Waals surface area contributed by atoms with Crippen LogP contribution in [0.2, 0.25) is 0 Å². The number of carboxylic acids is 1. The van der Waals surface area contributed by atoms with Crippen molar-refractivity contribution >= 4 is 29.9 Å². The zero-order valence-corrected chi connectivity index (χ0v) is 26.1. The van der Waals surface area contributed by atoms with Crippen LogP contribution in [0.3, 0.4) is 0 Å². The Hall–Kier alpha value is -4.41. The molecule has 0 unspecified atom stereocenters. The van der Waals surface area contributed by atoms with Crippen LogP contribution in [-0.2, 0) is 33.4 Å². The Morgan fingerprint density at radius 1 is 0.727 bits per heavy atom. The highest BCUT2D eigenvalue weighted by atomic mass is 16.6. The highest BCUT2D eigenvalue weighted by molar-refractivity contribution is 5.90. The monoisotopic (exact) mass is 610 g/mol. The quantitative estimate of drug-likeness (QED) is 0.229. The fourth-order valence-corrected chi connectivity index (χ4v) is 4.89. The molecule has 2 atom stereocenters. The Labute approximate surface area is 257 Å². The van der Waals surface area contributed by atoms with Gasteiger partial charge in [-0.05, 0) is 76.6 Å². The van der Waals surface area contributed by atoms with Crippen LogP contribution >= 0.6 is 0 Å². The van der Waals surface area contributed by atoms with Crippen molar-refractivity contribution < 1.29 is 43.3 Å². The van der Waals surface area contributed by atoms with Gasteiger partial charge in [-0.15, -0.1) is 0 Å². The van der Waals surface area contributed by atoms with E-state index in [0.717, 1.165) is 22.3 Å². The minimum Gasteiger partial charge on any atom is -0.480 e. The van der Waals surface area contributed by atoms with Crippen molar-refractivity contribution in [2.75, 3.05) is 6.61 Å². The van der Waals surface area contributed by atoms with E-state index in [1.807, 2.05) is 48.5 Å². The minimum atomic E-state index is -1.44. The molecule has 1 aliphatic carbocycles. The van der Waals surface area contributed by atoms with E-state index >= 15 is 0 Å². The number of ether oxygens (including phenoxy) is 3. The Morgan fingerprint density at radius 3 is 1.64 bits per heavy atom. The zero-order chi connectivity index (χ0) is 32.7. The number of hydrogen-bond donors (Lipinski definition) is 3. The van der Waals surface area contributed by atoms with E-state index in [0.29, 0.717) is 0 Å². The lowest BCUT2D eigenvalue weighted by molar-refractivity contribution is -0.156. The van der Waals surface area contributed by atoms with Crippen molar-refractivity contribution in [2.24, 2.45) is 0 Å². The molecule has 0 fully saturated rings. The SMILES string of the molecule is CC(C)(C)OC(=O)CC[C@@H](NC(=O)[C@@H](CCC(=O)OC(C)(C)C)NC(=O)OCC1c2ccccc2-c2ccccc21)C(=O)O. The molecule has 11 heteroatoms. The normalized spacial score (nSPS) is 14.0. The van der Waals surface area contributed by atoms with E-state index in [1.54, 1.807) is 41.5 Å². The molecule has 1 aliphatic rings. The molecule has 238 valence electrons. The fourth-order valence-electron chi connectivity index (χ4n) is 4.89. The number of hydrogen-bond acceptors (Lipinski definition) is 8. The number of rotatable bonds is 12. The van der Waals surface area contributed by atoms with Crippen LogP contribution in [0.25, 0.3) is 11.1 Å². The van der Waals surface area contributed by atoms with Gasteiger partial charge in [-0.25, -0.2) is 9.59 Å². The number of carboxylic acid groups (broad SMARTS) is 1. The first-order chi connectivity index (χ1) is 20.5. The summed E-state index contributed by atoms with van der Waals surface area (Å²) >= 11 is 0. The predicted molar refractivity (Wildman–Crippen MR) is 162 cm³/mol. The second kappa shape index (κ2) is 14.4. The van der Waals surface area contributed by atoms with E-state index in [4.69, 9.17) is 14.2 Å². The van der Waals surface area contributed by atoms with Crippen molar-refractivity contribution in [2.45, 2.75) is 96.4 Å². The number of amides is 2. The summed E-state index contributed by atoms with van der Waals surface area (Å²) in [4.78, 5) is 62.6. The first kappa shape index (κ1) is 34.1. The topological polar surface area (TPSA) is 157 Å². The summed E-state index contributed by atoms with van der Waals surface area (Å²) in [6.45, 7) is 10.2. The van der Waals surface area contributed by atoms with Crippen molar-refractivity contribution in [1.29, 1.82) is 0 Å². The lowest BCUT2D eigenvalue weighted by Crippen LogP contribution is -2.52. The third-order valence-electron chi connectivity index (χ3n) is 6.68. The maximum atomic E-state index is 13.2. The molecule has 3 rings (SSSR count). The molecule has 2 amide bonds. The average Bonchev–Trinajstić information content (AvgIpc) is 3.23. The number of carbonyl (C=O) groups is 5. The van der Waals surface area contributed by atoms with E-state index in [-0.39, 0.29) is 38.2 Å². The summed E-state index contributed by atoms with van der Waals surface area (Å²) in [6, 6.07) is 12.9. The van der Waals surface area contributed by atoms with E-state index in [2.05, 4.69) is 10.6 Å². The highest BCUT2D eigenvalue weighted by Crippen LogP contribution is 2.44. The molecule has 0 saturated carbocycles. The summed E-state index contributed by atoms with van der Waals surface area (Å²) in [7, 11) is 0. The molecule has 0 heterocycles. The maximum absolute atomic E-state index is 13.2. The number of carbonyl (C=O) groups excluding carboxylic acids is 4. The van der Waals surface area contributed by atoms with E-state index < -0.39 is 53.2 Å². The molecule has 0 saturated heterocycles. The van der Waals surface area contributed by atoms with Gasteiger partial charge < -0.3 is 30.0 Å². The highest BCUT2D eigenvalue weighted by Gasteiger charge is 2.32. The van der Waals surface area contributed by atoms with Crippen molar-refractivity contribution in [3.8, 4) is 11.1 Å². The van der Waals surface area contributed by atoms with Crippen molar-refractivity contribution in [3.63, 3.8) is 0 Å². The molecule has 2 aromatic carbocycles. The Balaban J connectivity index is 1.69. The molecule has 0 aliphatic heterocycles. The zero-order valence-electron chi connectivity index (χ0n) is 26.1. The number of alkyl carbamates (subject to hydrolysis) is 1. The summed E-state index contributed by atoms with van der Waals surface area (Å²) < 4.78 is 16.1. The molecule has 0 spiro atoms.